The Hall–Kier alpha value is -2.72. The van der Waals surface area contributed by atoms with Crippen LogP contribution in [0.5, 0.6) is 0 Å². The number of aromatic nitrogens is 2. The van der Waals surface area contributed by atoms with E-state index in [2.05, 4.69) is 4.98 Å². The maximum absolute atomic E-state index is 14.4. The number of nitrogen functional groups attached to an aromatic ring is 1. The Morgan fingerprint density at radius 1 is 1.19 bits per heavy atom. The van der Waals surface area contributed by atoms with Crippen LogP contribution in [0.1, 0.15) is 25.6 Å². The number of rotatable bonds is 6. The van der Waals surface area contributed by atoms with Gasteiger partial charge in [-0.3, -0.25) is 4.31 Å². The molecule has 0 saturated carbocycles. The number of alkyl halides is 2. The van der Waals surface area contributed by atoms with Gasteiger partial charge in [-0.1, -0.05) is 0 Å². The minimum Gasteiger partial charge on any atom is -0.399 e. The summed E-state index contributed by atoms with van der Waals surface area (Å²) in [5.41, 5.74) is 7.31. The first kappa shape index (κ1) is 22.5. The van der Waals surface area contributed by atoms with Crippen molar-refractivity contribution in [1.82, 2.24) is 9.55 Å². The minimum absolute atomic E-state index is 0.0834. The summed E-state index contributed by atoms with van der Waals surface area (Å²) in [5, 5.41) is 0. The lowest BCUT2D eigenvalue weighted by Crippen LogP contribution is -2.26. The molecule has 0 atom stereocenters. The van der Waals surface area contributed by atoms with E-state index in [0.29, 0.717) is 42.2 Å². The van der Waals surface area contributed by atoms with E-state index in [1.165, 1.54) is 37.4 Å². The van der Waals surface area contributed by atoms with Gasteiger partial charge in [0.1, 0.15) is 0 Å². The molecular formula is C22H26F2N4O3S. The molecule has 2 aromatic carbocycles. The molecule has 32 heavy (non-hydrogen) atoms. The molecule has 1 saturated heterocycles. The number of sulfonamides is 1. The summed E-state index contributed by atoms with van der Waals surface area (Å²) in [7, 11) is -2.43. The third-order valence-electron chi connectivity index (χ3n) is 5.81. The summed E-state index contributed by atoms with van der Waals surface area (Å²) in [6.07, 6.45) is 1.60. The first-order chi connectivity index (χ1) is 15.1. The van der Waals surface area contributed by atoms with Crippen LogP contribution in [0.3, 0.4) is 0 Å². The van der Waals surface area contributed by atoms with Crippen LogP contribution in [0.2, 0.25) is 0 Å². The van der Waals surface area contributed by atoms with Crippen LogP contribution >= 0.6 is 0 Å². The lowest BCUT2D eigenvalue weighted by atomic mass is 10.00. The molecule has 4 rings (SSSR count). The van der Waals surface area contributed by atoms with Crippen molar-refractivity contribution >= 4 is 32.4 Å². The zero-order valence-corrected chi connectivity index (χ0v) is 18.8. The number of fused-ring (bicyclic) bond motifs is 1. The molecule has 1 aromatic heterocycles. The molecule has 0 unspecified atom stereocenters. The van der Waals surface area contributed by atoms with E-state index in [4.69, 9.17) is 10.5 Å². The number of imidazole rings is 1. The van der Waals surface area contributed by atoms with Crippen LogP contribution in [0, 0.1) is 5.92 Å². The van der Waals surface area contributed by atoms with Crippen molar-refractivity contribution in [3.63, 3.8) is 0 Å². The highest BCUT2D eigenvalue weighted by Crippen LogP contribution is 2.34. The van der Waals surface area contributed by atoms with Gasteiger partial charge in [-0.05, 0) is 61.2 Å². The molecule has 0 spiro atoms. The van der Waals surface area contributed by atoms with Crippen LogP contribution in [-0.4, -0.2) is 38.2 Å². The molecule has 2 heterocycles. The van der Waals surface area contributed by atoms with Gasteiger partial charge in [-0.2, -0.15) is 8.78 Å². The summed E-state index contributed by atoms with van der Waals surface area (Å²) in [5.74, 6) is -3.23. The molecule has 10 heteroatoms. The van der Waals surface area contributed by atoms with Crippen molar-refractivity contribution in [3.8, 4) is 0 Å². The Labute approximate surface area is 185 Å². The smallest absolute Gasteiger partial charge is 0.302 e. The molecule has 0 amide bonds. The Kier molecular flexibility index (Phi) is 5.85. The summed E-state index contributed by atoms with van der Waals surface area (Å²) < 4.78 is 62.8. The molecular weight excluding hydrogens is 438 g/mol. The second kappa shape index (κ2) is 8.32. The third kappa shape index (κ3) is 4.29. The zero-order valence-electron chi connectivity index (χ0n) is 18.0. The predicted octanol–water partition coefficient (Wildman–Crippen LogP) is 3.98. The van der Waals surface area contributed by atoms with Crippen molar-refractivity contribution in [2.75, 3.05) is 30.3 Å². The van der Waals surface area contributed by atoms with E-state index in [1.807, 2.05) is 0 Å². The van der Waals surface area contributed by atoms with E-state index in [-0.39, 0.29) is 16.6 Å². The fraction of sp³-hybridized carbons (Fsp3) is 0.409. The SMILES string of the molecule is CN(c1ccc2c(c1)nc(C(C)(F)F)n2CC1CCOCC1)S(=O)(=O)c1ccc(N)cc1. The van der Waals surface area contributed by atoms with E-state index in [9.17, 15) is 17.2 Å². The molecule has 3 aromatic rings. The lowest BCUT2D eigenvalue weighted by molar-refractivity contribution is 0.00222. The Bertz CT molecular complexity index is 1210. The number of anilines is 2. The quantitative estimate of drug-likeness (QED) is 0.557. The van der Waals surface area contributed by atoms with E-state index in [0.717, 1.165) is 24.1 Å². The predicted molar refractivity (Wildman–Crippen MR) is 119 cm³/mol. The summed E-state index contributed by atoms with van der Waals surface area (Å²) in [6, 6.07) is 10.7. The number of halogens is 2. The van der Waals surface area contributed by atoms with Gasteiger partial charge < -0.3 is 15.0 Å². The maximum Gasteiger partial charge on any atom is 0.302 e. The zero-order chi connectivity index (χ0) is 23.1. The van der Waals surface area contributed by atoms with Gasteiger partial charge in [0.2, 0.25) is 0 Å². The monoisotopic (exact) mass is 464 g/mol. The average Bonchev–Trinajstić information content (AvgIpc) is 3.12. The first-order valence-electron chi connectivity index (χ1n) is 10.4. The first-order valence-corrected chi connectivity index (χ1v) is 11.8. The van der Waals surface area contributed by atoms with Crippen LogP contribution in [0.4, 0.5) is 20.2 Å². The van der Waals surface area contributed by atoms with E-state index >= 15 is 0 Å². The summed E-state index contributed by atoms with van der Waals surface area (Å²) >= 11 is 0. The number of hydrogen-bond donors (Lipinski definition) is 1. The number of hydrogen-bond acceptors (Lipinski definition) is 5. The number of benzene rings is 2. The van der Waals surface area contributed by atoms with Crippen LogP contribution in [0.15, 0.2) is 47.4 Å². The highest BCUT2D eigenvalue weighted by molar-refractivity contribution is 7.92. The molecule has 1 fully saturated rings. The number of nitrogens with zero attached hydrogens (tertiary/aromatic N) is 3. The van der Waals surface area contributed by atoms with Gasteiger partial charge in [0.15, 0.2) is 5.82 Å². The number of ether oxygens (including phenoxy) is 1. The van der Waals surface area contributed by atoms with Crippen molar-refractivity contribution in [2.24, 2.45) is 5.92 Å². The van der Waals surface area contributed by atoms with Gasteiger partial charge in [0.05, 0.1) is 21.6 Å². The molecule has 0 aliphatic carbocycles. The summed E-state index contributed by atoms with van der Waals surface area (Å²) in [6.45, 7) is 2.48. The standard InChI is InChI=1S/C22H26F2N4O3S/c1-22(23,24)21-26-19-13-17(27(2)32(29,30)18-6-3-16(25)4-7-18)5-8-20(19)28(21)14-15-9-11-31-12-10-15/h3-8,13,15H,9-12,14,25H2,1-2H3. The molecule has 172 valence electrons. The highest BCUT2D eigenvalue weighted by atomic mass is 32.2. The van der Waals surface area contributed by atoms with Gasteiger partial charge in [0, 0.05) is 39.4 Å². The Balaban J connectivity index is 1.73. The van der Waals surface area contributed by atoms with E-state index < -0.39 is 15.9 Å². The third-order valence-corrected chi connectivity index (χ3v) is 7.61. The summed E-state index contributed by atoms with van der Waals surface area (Å²) in [4.78, 5) is 4.29. The van der Waals surface area contributed by atoms with Gasteiger partial charge >= 0.3 is 5.92 Å². The fourth-order valence-electron chi connectivity index (χ4n) is 3.96. The van der Waals surface area contributed by atoms with Crippen molar-refractivity contribution in [2.45, 2.75) is 37.1 Å². The second-order valence-corrected chi connectivity index (χ2v) is 10.2. The molecule has 7 nitrogen and oxygen atoms in total. The van der Waals surface area contributed by atoms with Crippen molar-refractivity contribution < 1.29 is 21.9 Å². The Morgan fingerprint density at radius 2 is 1.84 bits per heavy atom. The second-order valence-electron chi connectivity index (χ2n) is 8.20. The van der Waals surface area contributed by atoms with Crippen molar-refractivity contribution in [1.29, 1.82) is 0 Å². The maximum atomic E-state index is 14.4. The van der Waals surface area contributed by atoms with Crippen LogP contribution in [0.25, 0.3) is 11.0 Å². The molecule has 1 aliphatic rings. The van der Waals surface area contributed by atoms with Crippen LogP contribution in [-0.2, 0) is 27.2 Å². The normalized spacial score (nSPS) is 15.9. The van der Waals surface area contributed by atoms with Gasteiger partial charge in [-0.25, -0.2) is 13.4 Å². The minimum atomic E-state index is -3.85. The van der Waals surface area contributed by atoms with E-state index in [1.54, 1.807) is 16.7 Å². The molecule has 2 N–H and O–H groups in total. The molecule has 0 radical (unpaired) electrons. The molecule has 1 aliphatic heterocycles. The number of nitrogens with two attached hydrogens (primary N) is 1. The van der Waals surface area contributed by atoms with Crippen molar-refractivity contribution in [3.05, 3.63) is 48.3 Å². The topological polar surface area (TPSA) is 90.5 Å². The highest BCUT2D eigenvalue weighted by Gasteiger charge is 2.33. The molecule has 0 bridgehead atoms. The largest absolute Gasteiger partial charge is 0.399 e. The average molecular weight is 465 g/mol. The lowest BCUT2D eigenvalue weighted by Gasteiger charge is -2.24. The Morgan fingerprint density at radius 3 is 2.47 bits per heavy atom. The van der Waals surface area contributed by atoms with Crippen LogP contribution < -0.4 is 10.0 Å². The fourth-order valence-corrected chi connectivity index (χ4v) is 5.15. The van der Waals surface area contributed by atoms with Gasteiger partial charge in [-0.15, -0.1) is 0 Å². The van der Waals surface area contributed by atoms with Gasteiger partial charge in [0.25, 0.3) is 10.0 Å².